The third kappa shape index (κ3) is 4.87. The maximum absolute atomic E-state index is 12.5. The highest BCUT2D eigenvalue weighted by atomic mass is 16.5. The van der Waals surface area contributed by atoms with Gasteiger partial charge in [-0.15, -0.1) is 0 Å². The van der Waals surface area contributed by atoms with Gasteiger partial charge in [-0.3, -0.25) is 4.79 Å². The zero-order valence-corrected chi connectivity index (χ0v) is 18.8. The molecule has 5 heteroatoms. The van der Waals surface area contributed by atoms with Crippen LogP contribution < -0.4 is 14.8 Å². The molecule has 2 fully saturated rings. The van der Waals surface area contributed by atoms with Gasteiger partial charge in [0.2, 0.25) is 5.91 Å². The number of methoxy groups -OCH3 is 2. The molecule has 2 aromatic rings. The smallest absolute Gasteiger partial charge is 0.227 e. The molecule has 0 spiro atoms. The first-order valence-electron chi connectivity index (χ1n) is 11.4. The van der Waals surface area contributed by atoms with Crippen molar-refractivity contribution >= 4 is 11.6 Å². The second-order valence-corrected chi connectivity index (χ2v) is 8.71. The maximum Gasteiger partial charge on any atom is 0.227 e. The number of amides is 1. The van der Waals surface area contributed by atoms with Crippen molar-refractivity contribution in [2.24, 2.45) is 5.92 Å². The number of ether oxygens (including phenoxy) is 3. The molecule has 1 N–H and O–H groups in total. The molecule has 1 amide bonds. The van der Waals surface area contributed by atoms with Crippen LogP contribution in [0, 0.1) is 12.8 Å². The summed E-state index contributed by atoms with van der Waals surface area (Å²) in [5.41, 5.74) is 4.95. The minimum Gasteiger partial charge on any atom is -0.496 e. The van der Waals surface area contributed by atoms with Crippen LogP contribution in [0.25, 0.3) is 11.1 Å². The molecule has 2 aliphatic rings. The molecule has 0 unspecified atom stereocenters. The van der Waals surface area contributed by atoms with Gasteiger partial charge in [-0.25, -0.2) is 0 Å². The molecular formula is C26H33NO4. The van der Waals surface area contributed by atoms with Gasteiger partial charge >= 0.3 is 0 Å². The van der Waals surface area contributed by atoms with Crippen LogP contribution in [-0.2, 0) is 16.1 Å². The molecule has 4 rings (SSSR count). The Bertz CT molecular complexity index is 904. The van der Waals surface area contributed by atoms with E-state index < -0.39 is 0 Å². The van der Waals surface area contributed by atoms with Crippen molar-refractivity contribution in [2.75, 3.05) is 19.5 Å². The first-order chi connectivity index (χ1) is 15.1. The van der Waals surface area contributed by atoms with Crippen molar-refractivity contribution in [1.29, 1.82) is 0 Å². The summed E-state index contributed by atoms with van der Waals surface area (Å²) < 4.78 is 17.4. The highest BCUT2D eigenvalue weighted by molar-refractivity contribution is 5.93. The van der Waals surface area contributed by atoms with Crippen LogP contribution >= 0.6 is 0 Å². The number of carbonyl (C=O) groups is 1. The second kappa shape index (κ2) is 9.73. The highest BCUT2D eigenvalue weighted by Crippen LogP contribution is 2.37. The molecule has 0 saturated heterocycles. The minimum absolute atomic E-state index is 0.125. The van der Waals surface area contributed by atoms with E-state index in [9.17, 15) is 4.79 Å². The van der Waals surface area contributed by atoms with Crippen molar-refractivity contribution in [1.82, 2.24) is 0 Å². The van der Waals surface area contributed by atoms with E-state index in [1.54, 1.807) is 14.2 Å². The molecule has 5 nitrogen and oxygen atoms in total. The number of hydrogen-bond acceptors (Lipinski definition) is 4. The van der Waals surface area contributed by atoms with Crippen LogP contribution in [-0.4, -0.2) is 26.2 Å². The Kier molecular flexibility index (Phi) is 6.81. The Morgan fingerprint density at radius 1 is 0.968 bits per heavy atom. The molecule has 0 aromatic heterocycles. The Morgan fingerprint density at radius 2 is 1.65 bits per heavy atom. The molecule has 31 heavy (non-hydrogen) atoms. The molecule has 2 aliphatic carbocycles. The van der Waals surface area contributed by atoms with Crippen molar-refractivity contribution in [3.63, 3.8) is 0 Å². The van der Waals surface area contributed by atoms with Gasteiger partial charge in [-0.1, -0.05) is 25.3 Å². The van der Waals surface area contributed by atoms with Gasteiger partial charge in [0.1, 0.15) is 11.5 Å². The molecule has 0 atom stereocenters. The fourth-order valence-corrected chi connectivity index (χ4v) is 4.49. The zero-order valence-electron chi connectivity index (χ0n) is 18.8. The zero-order chi connectivity index (χ0) is 21.8. The Morgan fingerprint density at radius 3 is 2.23 bits per heavy atom. The summed E-state index contributed by atoms with van der Waals surface area (Å²) in [5.74, 6) is 1.86. The van der Waals surface area contributed by atoms with Crippen molar-refractivity contribution in [3.8, 4) is 22.6 Å². The van der Waals surface area contributed by atoms with E-state index in [4.69, 9.17) is 14.2 Å². The number of rotatable bonds is 8. The van der Waals surface area contributed by atoms with Gasteiger partial charge in [0.15, 0.2) is 0 Å². The molecule has 166 valence electrons. The number of hydrogen-bond donors (Lipinski definition) is 1. The monoisotopic (exact) mass is 423 g/mol. The summed E-state index contributed by atoms with van der Waals surface area (Å²) in [5, 5.41) is 3.10. The molecule has 0 heterocycles. The summed E-state index contributed by atoms with van der Waals surface area (Å²) in [6.07, 6.45) is 8.18. The summed E-state index contributed by atoms with van der Waals surface area (Å²) in [4.78, 5) is 12.5. The predicted octanol–water partition coefficient (Wildman–Crippen LogP) is 5.88. The van der Waals surface area contributed by atoms with E-state index >= 15 is 0 Å². The third-order valence-electron chi connectivity index (χ3n) is 6.69. The fourth-order valence-electron chi connectivity index (χ4n) is 4.49. The third-order valence-corrected chi connectivity index (χ3v) is 6.69. The molecular weight excluding hydrogens is 390 g/mol. The van der Waals surface area contributed by atoms with Crippen LogP contribution in [0.3, 0.4) is 0 Å². The van der Waals surface area contributed by atoms with Crippen molar-refractivity contribution in [2.45, 2.75) is 64.6 Å². The first kappa shape index (κ1) is 21.7. The summed E-state index contributed by atoms with van der Waals surface area (Å²) in [7, 11) is 3.35. The van der Waals surface area contributed by atoms with Gasteiger partial charge in [0.25, 0.3) is 0 Å². The molecule has 2 aromatic carbocycles. The van der Waals surface area contributed by atoms with Crippen LogP contribution in [0.15, 0.2) is 30.3 Å². The number of anilines is 1. The molecule has 0 aliphatic heterocycles. The Balaban J connectivity index is 1.65. The van der Waals surface area contributed by atoms with Gasteiger partial charge < -0.3 is 19.5 Å². The van der Waals surface area contributed by atoms with E-state index in [0.717, 1.165) is 71.5 Å². The number of nitrogens with one attached hydrogen (secondary N) is 1. The predicted molar refractivity (Wildman–Crippen MR) is 123 cm³/mol. The lowest BCUT2D eigenvalue weighted by Crippen LogP contribution is -2.28. The molecule has 0 bridgehead atoms. The van der Waals surface area contributed by atoms with Gasteiger partial charge in [-0.2, -0.15) is 0 Å². The standard InChI is InChI=1S/C26H33NO4/c1-17-24(29-2)14-19(15-25(17)30-3)23-12-11-21(27-26(28)18-7-6-8-18)13-20(23)16-31-22-9-4-5-10-22/h11-15,18,22H,4-10,16H2,1-3H3,(H,27,28). The van der Waals surface area contributed by atoms with Gasteiger partial charge in [0, 0.05) is 17.2 Å². The van der Waals surface area contributed by atoms with Crippen LogP contribution in [0.1, 0.15) is 56.1 Å². The lowest BCUT2D eigenvalue weighted by Gasteiger charge is -2.24. The SMILES string of the molecule is COc1cc(-c2ccc(NC(=O)C3CCC3)cc2COC2CCCC2)cc(OC)c1C. The largest absolute Gasteiger partial charge is 0.496 e. The minimum atomic E-state index is 0.125. The lowest BCUT2D eigenvalue weighted by atomic mass is 9.85. The second-order valence-electron chi connectivity index (χ2n) is 8.71. The van der Waals surface area contributed by atoms with Crippen LogP contribution in [0.2, 0.25) is 0 Å². The number of carbonyl (C=O) groups excluding carboxylic acids is 1. The van der Waals surface area contributed by atoms with Crippen molar-refractivity contribution < 1.29 is 19.0 Å². The average molecular weight is 424 g/mol. The molecule has 2 saturated carbocycles. The maximum atomic E-state index is 12.5. The van der Waals surface area contributed by atoms with E-state index in [0.29, 0.717) is 12.7 Å². The van der Waals surface area contributed by atoms with Gasteiger partial charge in [0.05, 0.1) is 26.9 Å². The molecule has 0 radical (unpaired) electrons. The number of benzene rings is 2. The topological polar surface area (TPSA) is 56.8 Å². The van der Waals surface area contributed by atoms with E-state index in [-0.39, 0.29) is 11.8 Å². The normalized spacial score (nSPS) is 16.7. The van der Waals surface area contributed by atoms with Crippen molar-refractivity contribution in [3.05, 3.63) is 41.5 Å². The van der Waals surface area contributed by atoms with E-state index in [1.165, 1.54) is 12.8 Å². The van der Waals surface area contributed by atoms with Crippen LogP contribution in [0.4, 0.5) is 5.69 Å². The van der Waals surface area contributed by atoms with Gasteiger partial charge in [-0.05, 0) is 73.6 Å². The summed E-state index contributed by atoms with van der Waals surface area (Å²) >= 11 is 0. The quantitative estimate of drug-likeness (QED) is 0.576. The highest BCUT2D eigenvalue weighted by Gasteiger charge is 2.25. The first-order valence-corrected chi connectivity index (χ1v) is 11.4. The fraction of sp³-hybridized carbons (Fsp3) is 0.500. The lowest BCUT2D eigenvalue weighted by molar-refractivity contribution is -0.122. The Hall–Kier alpha value is -2.53. The summed E-state index contributed by atoms with van der Waals surface area (Å²) in [6, 6.07) is 10.2. The van der Waals surface area contributed by atoms with E-state index in [1.807, 2.05) is 25.1 Å². The Labute approximate surface area is 185 Å². The average Bonchev–Trinajstić information content (AvgIpc) is 3.25. The summed E-state index contributed by atoms with van der Waals surface area (Å²) in [6.45, 7) is 2.51. The van der Waals surface area contributed by atoms with E-state index in [2.05, 4.69) is 17.4 Å². The van der Waals surface area contributed by atoms with Crippen LogP contribution in [0.5, 0.6) is 11.5 Å².